The van der Waals surface area contributed by atoms with E-state index in [1.165, 1.54) is 6.08 Å². The highest BCUT2D eigenvalue weighted by Crippen LogP contribution is 2.44. The molecule has 0 fully saturated rings. The van der Waals surface area contributed by atoms with Crippen LogP contribution in [0.15, 0.2) is 59.5 Å². The van der Waals surface area contributed by atoms with Gasteiger partial charge in [0.05, 0.1) is 0 Å². The predicted molar refractivity (Wildman–Crippen MR) is 134 cm³/mol. The van der Waals surface area contributed by atoms with Crippen molar-refractivity contribution < 1.29 is 24.6 Å². The molecular weight excluding hydrogens is 543 g/mol. The Balaban J connectivity index is 2.23. The van der Waals surface area contributed by atoms with Gasteiger partial charge in [-0.2, -0.15) is 0 Å². The number of carbonyl (C=O) groups excluding carboxylic acids is 2. The van der Waals surface area contributed by atoms with Crippen LogP contribution in [0.4, 0.5) is 10.5 Å². The lowest BCUT2D eigenvalue weighted by Crippen LogP contribution is -2.29. The van der Waals surface area contributed by atoms with Gasteiger partial charge in [0, 0.05) is 31.2 Å². The van der Waals surface area contributed by atoms with E-state index in [9.17, 15) is 14.7 Å². The highest BCUT2D eigenvalue weighted by atomic mass is 127. The maximum Gasteiger partial charge on any atom is 0.412 e. The fourth-order valence-corrected chi connectivity index (χ4v) is 4.05. The number of benzene rings is 2. The first-order valence-corrected chi connectivity index (χ1v) is 12.2. The maximum absolute atomic E-state index is 12.7. The van der Waals surface area contributed by atoms with Crippen LogP contribution in [0.2, 0.25) is 0 Å². The summed E-state index contributed by atoms with van der Waals surface area (Å²) in [5, 5.41) is 21.8. The van der Waals surface area contributed by atoms with E-state index in [4.69, 9.17) is 9.94 Å². The van der Waals surface area contributed by atoms with Gasteiger partial charge in [-0.1, -0.05) is 19.9 Å². The molecule has 32 heavy (non-hydrogen) atoms. The molecule has 0 heterocycles. The summed E-state index contributed by atoms with van der Waals surface area (Å²) in [6, 6.07) is 12.5. The van der Waals surface area contributed by atoms with E-state index < -0.39 is 23.5 Å². The van der Waals surface area contributed by atoms with Crippen molar-refractivity contribution in [2.45, 2.75) is 37.7 Å². The van der Waals surface area contributed by atoms with Crippen molar-refractivity contribution in [2.75, 3.05) is 11.6 Å². The van der Waals surface area contributed by atoms with Crippen LogP contribution in [0.1, 0.15) is 38.4 Å². The number of hydrogen-bond acceptors (Lipinski definition) is 6. The first-order chi connectivity index (χ1) is 15.2. The standard InChI is InChI=1S/C23H27IN2O5S/c1-23(2,13-5-4-6-20(28)26-30)21(18-14-15(24)7-12-19(18)27)31-22(29)25-16-8-10-17(32-3)11-9-16/h4,6-12,14,21,27,30H,5,13H2,1-3H3,(H,25,29)(H,26,28)/b6-4+/t21-/m1/s1. The van der Waals surface area contributed by atoms with E-state index in [0.29, 0.717) is 24.1 Å². The van der Waals surface area contributed by atoms with Crippen LogP contribution < -0.4 is 10.8 Å². The lowest BCUT2D eigenvalue weighted by Gasteiger charge is -2.34. The molecule has 172 valence electrons. The third-order valence-electron chi connectivity index (χ3n) is 4.88. The lowest BCUT2D eigenvalue weighted by atomic mass is 9.78. The maximum atomic E-state index is 12.7. The number of aromatic hydroxyl groups is 1. The molecule has 0 spiro atoms. The molecule has 0 aliphatic heterocycles. The number of rotatable bonds is 9. The molecule has 0 saturated carbocycles. The first-order valence-electron chi connectivity index (χ1n) is 9.87. The van der Waals surface area contributed by atoms with Gasteiger partial charge in [-0.15, -0.1) is 11.8 Å². The summed E-state index contributed by atoms with van der Waals surface area (Å²) in [4.78, 5) is 25.0. The summed E-state index contributed by atoms with van der Waals surface area (Å²) in [5.74, 6) is -0.575. The van der Waals surface area contributed by atoms with Crippen molar-refractivity contribution in [2.24, 2.45) is 5.41 Å². The van der Waals surface area contributed by atoms with Crippen LogP contribution >= 0.6 is 34.4 Å². The van der Waals surface area contributed by atoms with E-state index in [2.05, 4.69) is 27.9 Å². The molecule has 0 aromatic heterocycles. The fourth-order valence-electron chi connectivity index (χ4n) is 3.12. The summed E-state index contributed by atoms with van der Waals surface area (Å²) in [7, 11) is 0. The molecule has 2 amide bonds. The van der Waals surface area contributed by atoms with Gasteiger partial charge in [0.15, 0.2) is 0 Å². The molecule has 0 saturated heterocycles. The topological polar surface area (TPSA) is 108 Å². The number of hydroxylamine groups is 1. The Morgan fingerprint density at radius 2 is 1.91 bits per heavy atom. The second-order valence-electron chi connectivity index (χ2n) is 7.75. The van der Waals surface area contributed by atoms with E-state index in [0.717, 1.165) is 8.47 Å². The highest BCUT2D eigenvalue weighted by molar-refractivity contribution is 14.1. The van der Waals surface area contributed by atoms with Crippen LogP contribution in [-0.4, -0.2) is 28.6 Å². The fraction of sp³-hybridized carbons (Fsp3) is 0.304. The molecule has 2 rings (SSSR count). The summed E-state index contributed by atoms with van der Waals surface area (Å²) in [6.07, 6.45) is 4.52. The van der Waals surface area contributed by atoms with Gasteiger partial charge < -0.3 is 9.84 Å². The van der Waals surface area contributed by atoms with Crippen molar-refractivity contribution in [3.63, 3.8) is 0 Å². The number of thioether (sulfide) groups is 1. The molecule has 0 aliphatic carbocycles. The van der Waals surface area contributed by atoms with Crippen LogP contribution in [-0.2, 0) is 9.53 Å². The van der Waals surface area contributed by atoms with E-state index >= 15 is 0 Å². The average Bonchev–Trinajstić information content (AvgIpc) is 2.77. The Hall–Kier alpha value is -2.24. The molecule has 2 aromatic carbocycles. The molecule has 0 radical (unpaired) electrons. The van der Waals surface area contributed by atoms with Gasteiger partial charge in [0.25, 0.3) is 5.91 Å². The summed E-state index contributed by atoms with van der Waals surface area (Å²) in [5.41, 5.74) is 2.07. The molecule has 2 aromatic rings. The number of amides is 2. The Morgan fingerprint density at radius 1 is 1.22 bits per heavy atom. The molecule has 0 unspecified atom stereocenters. The molecule has 4 N–H and O–H groups in total. The minimum atomic E-state index is -0.747. The van der Waals surface area contributed by atoms with Gasteiger partial charge in [-0.05, 0) is 84.2 Å². The lowest BCUT2D eigenvalue weighted by molar-refractivity contribution is -0.124. The third-order valence-corrected chi connectivity index (χ3v) is 6.29. The molecule has 1 atom stereocenters. The van der Waals surface area contributed by atoms with E-state index in [-0.39, 0.29) is 5.75 Å². The number of anilines is 1. The molecule has 7 nitrogen and oxygen atoms in total. The minimum Gasteiger partial charge on any atom is -0.508 e. The van der Waals surface area contributed by atoms with Crippen molar-refractivity contribution in [3.8, 4) is 5.75 Å². The number of carbonyl (C=O) groups is 2. The normalized spacial score (nSPS) is 12.4. The molecule has 9 heteroatoms. The van der Waals surface area contributed by atoms with Crippen LogP contribution in [0, 0.1) is 8.99 Å². The largest absolute Gasteiger partial charge is 0.508 e. The van der Waals surface area contributed by atoms with Crippen molar-refractivity contribution in [1.29, 1.82) is 0 Å². The predicted octanol–water partition coefficient (Wildman–Crippen LogP) is 5.88. The smallest absolute Gasteiger partial charge is 0.412 e. The summed E-state index contributed by atoms with van der Waals surface area (Å²) < 4.78 is 6.73. The molecular formula is C23H27IN2O5S. The number of ether oxygens (including phenoxy) is 1. The zero-order valence-electron chi connectivity index (χ0n) is 18.1. The minimum absolute atomic E-state index is 0.0378. The summed E-state index contributed by atoms with van der Waals surface area (Å²) >= 11 is 3.75. The number of phenolic OH excluding ortho intramolecular Hbond substituents is 1. The second kappa shape index (κ2) is 12.1. The average molecular weight is 570 g/mol. The van der Waals surface area contributed by atoms with Gasteiger partial charge in [0.2, 0.25) is 0 Å². The SMILES string of the molecule is CSc1ccc(NC(=O)O[C@H](c2cc(I)ccc2O)C(C)(C)CC/C=C/C(=O)NO)cc1. The van der Waals surface area contributed by atoms with Crippen LogP contribution in [0.5, 0.6) is 5.75 Å². The van der Waals surface area contributed by atoms with Gasteiger partial charge in [-0.25, -0.2) is 10.3 Å². The van der Waals surface area contributed by atoms with Crippen molar-refractivity contribution in [1.82, 2.24) is 5.48 Å². The van der Waals surface area contributed by atoms with Gasteiger partial charge >= 0.3 is 6.09 Å². The summed E-state index contributed by atoms with van der Waals surface area (Å²) in [6.45, 7) is 3.86. The Bertz CT molecular complexity index is 963. The quantitative estimate of drug-likeness (QED) is 0.0987. The second-order valence-corrected chi connectivity index (χ2v) is 9.87. The van der Waals surface area contributed by atoms with E-state index in [1.807, 2.05) is 32.2 Å². The van der Waals surface area contributed by atoms with Crippen LogP contribution in [0.25, 0.3) is 0 Å². The first kappa shape index (κ1) is 26.0. The number of halogens is 1. The van der Waals surface area contributed by atoms with Crippen molar-refractivity contribution in [3.05, 3.63) is 63.8 Å². The zero-order valence-corrected chi connectivity index (χ0v) is 21.1. The van der Waals surface area contributed by atoms with Crippen LogP contribution in [0.3, 0.4) is 0 Å². The Labute approximate surface area is 205 Å². The number of hydrogen-bond donors (Lipinski definition) is 4. The number of nitrogens with one attached hydrogen (secondary N) is 2. The molecule has 0 bridgehead atoms. The Morgan fingerprint density at radius 3 is 2.53 bits per heavy atom. The van der Waals surface area contributed by atoms with Gasteiger partial charge in [-0.3, -0.25) is 15.3 Å². The van der Waals surface area contributed by atoms with Gasteiger partial charge in [0.1, 0.15) is 11.9 Å². The third kappa shape index (κ3) is 7.72. The van der Waals surface area contributed by atoms with E-state index in [1.54, 1.807) is 53.6 Å². The van der Waals surface area contributed by atoms with Crippen molar-refractivity contribution >= 4 is 52.0 Å². The number of phenols is 1. The number of allylic oxidation sites excluding steroid dienone is 1. The zero-order chi connectivity index (χ0) is 23.7. The molecule has 0 aliphatic rings. The highest BCUT2D eigenvalue weighted by Gasteiger charge is 2.35. The Kier molecular flexibility index (Phi) is 9.85. The monoisotopic (exact) mass is 570 g/mol.